The molecule has 0 radical (unpaired) electrons. The number of rotatable bonds is 6. The molecule has 2 aromatic carbocycles. The van der Waals surface area contributed by atoms with E-state index < -0.39 is 5.60 Å². The Morgan fingerprint density at radius 3 is 2.26 bits per heavy atom. The van der Waals surface area contributed by atoms with Gasteiger partial charge >= 0.3 is 0 Å². The van der Waals surface area contributed by atoms with E-state index in [0.29, 0.717) is 23.7 Å². The minimum absolute atomic E-state index is 0.0595. The number of nitrogens with zero attached hydrogens (tertiary/aromatic N) is 2. The quantitative estimate of drug-likeness (QED) is 0.706. The monoisotopic (exact) mass is 444 g/mol. The highest BCUT2D eigenvalue weighted by Crippen LogP contribution is 2.31. The van der Waals surface area contributed by atoms with Crippen molar-refractivity contribution in [3.63, 3.8) is 0 Å². The standard InChI is InChI=1S/C25H33ClN2O3/c1-17-18(2)23(31-16-25(4,5)30)11-10-22(17)19(3)27-12-14-28(15-13-27)24(29)20-6-8-21(26)9-7-20/h6-11,19,30H,12-16H2,1-5H3. The molecule has 3 rings (SSSR count). The highest BCUT2D eigenvalue weighted by molar-refractivity contribution is 6.30. The first-order chi connectivity index (χ1) is 14.6. The molecule has 1 heterocycles. The van der Waals surface area contributed by atoms with Gasteiger partial charge < -0.3 is 14.7 Å². The number of hydrogen-bond donors (Lipinski definition) is 1. The van der Waals surface area contributed by atoms with Crippen LogP contribution in [0.2, 0.25) is 5.02 Å². The molecule has 1 aliphatic rings. The van der Waals surface area contributed by atoms with E-state index in [1.54, 1.807) is 38.1 Å². The van der Waals surface area contributed by atoms with Gasteiger partial charge in [-0.15, -0.1) is 0 Å². The third kappa shape index (κ3) is 5.79. The third-order valence-electron chi connectivity index (χ3n) is 6.05. The van der Waals surface area contributed by atoms with E-state index in [4.69, 9.17) is 16.3 Å². The first kappa shape index (κ1) is 23.6. The molecule has 1 N–H and O–H groups in total. The molecule has 0 aromatic heterocycles. The molecule has 1 amide bonds. The average molecular weight is 445 g/mol. The number of carbonyl (C=O) groups is 1. The number of benzene rings is 2. The van der Waals surface area contributed by atoms with Crippen LogP contribution in [0, 0.1) is 13.8 Å². The van der Waals surface area contributed by atoms with E-state index >= 15 is 0 Å². The van der Waals surface area contributed by atoms with E-state index in [9.17, 15) is 9.90 Å². The average Bonchev–Trinajstić information content (AvgIpc) is 2.74. The molecule has 1 unspecified atom stereocenters. The number of amides is 1. The topological polar surface area (TPSA) is 53.0 Å². The number of carbonyl (C=O) groups excluding carboxylic acids is 1. The highest BCUT2D eigenvalue weighted by atomic mass is 35.5. The van der Waals surface area contributed by atoms with Gasteiger partial charge in [0.15, 0.2) is 0 Å². The van der Waals surface area contributed by atoms with E-state index in [1.807, 2.05) is 11.0 Å². The predicted octanol–water partition coefficient (Wildman–Crippen LogP) is 4.63. The Bertz CT molecular complexity index is 914. The van der Waals surface area contributed by atoms with Crippen molar-refractivity contribution in [2.75, 3.05) is 32.8 Å². The normalized spacial score (nSPS) is 16.3. The Labute approximate surface area is 190 Å². The second kappa shape index (κ2) is 9.60. The van der Waals surface area contributed by atoms with Gasteiger partial charge in [0.1, 0.15) is 12.4 Å². The second-order valence-corrected chi connectivity index (χ2v) is 9.45. The van der Waals surface area contributed by atoms with Crippen LogP contribution in [0.15, 0.2) is 36.4 Å². The molecule has 168 valence electrons. The fraction of sp³-hybridized carbons (Fsp3) is 0.480. The molecule has 6 heteroatoms. The lowest BCUT2D eigenvalue weighted by molar-refractivity contribution is 0.0282. The van der Waals surface area contributed by atoms with Gasteiger partial charge in [-0.3, -0.25) is 9.69 Å². The van der Waals surface area contributed by atoms with Crippen molar-refractivity contribution in [3.05, 3.63) is 63.7 Å². The van der Waals surface area contributed by atoms with Gasteiger partial charge in [-0.05, 0) is 81.6 Å². The summed E-state index contributed by atoms with van der Waals surface area (Å²) in [5.74, 6) is 0.873. The SMILES string of the molecule is Cc1c(OCC(C)(C)O)ccc(C(C)N2CCN(C(=O)c3ccc(Cl)cc3)CC2)c1C. The zero-order valence-electron chi connectivity index (χ0n) is 19.1. The molecular weight excluding hydrogens is 412 g/mol. The van der Waals surface area contributed by atoms with Gasteiger partial charge in [-0.1, -0.05) is 17.7 Å². The molecule has 1 aliphatic heterocycles. The molecule has 1 fully saturated rings. The van der Waals surface area contributed by atoms with Crippen molar-refractivity contribution in [1.29, 1.82) is 0 Å². The Morgan fingerprint density at radius 2 is 1.68 bits per heavy atom. The van der Waals surface area contributed by atoms with Crippen LogP contribution >= 0.6 is 11.6 Å². The fourth-order valence-electron chi connectivity index (χ4n) is 3.96. The molecule has 2 aromatic rings. The first-order valence-corrected chi connectivity index (χ1v) is 11.2. The smallest absolute Gasteiger partial charge is 0.253 e. The second-order valence-electron chi connectivity index (χ2n) is 9.02. The molecule has 1 saturated heterocycles. The van der Waals surface area contributed by atoms with Gasteiger partial charge in [0.05, 0.1) is 5.60 Å². The number of halogens is 1. The van der Waals surface area contributed by atoms with Crippen molar-refractivity contribution in [1.82, 2.24) is 9.80 Å². The maximum absolute atomic E-state index is 12.8. The van der Waals surface area contributed by atoms with Crippen LogP contribution in [0.5, 0.6) is 5.75 Å². The highest BCUT2D eigenvalue weighted by Gasteiger charge is 2.26. The van der Waals surface area contributed by atoms with Crippen LogP contribution in [0.25, 0.3) is 0 Å². The van der Waals surface area contributed by atoms with Crippen molar-refractivity contribution in [2.45, 2.75) is 46.3 Å². The van der Waals surface area contributed by atoms with Gasteiger partial charge in [0, 0.05) is 42.8 Å². The lowest BCUT2D eigenvalue weighted by Crippen LogP contribution is -2.49. The van der Waals surface area contributed by atoms with Crippen LogP contribution in [0.4, 0.5) is 0 Å². The van der Waals surface area contributed by atoms with E-state index in [0.717, 1.165) is 24.4 Å². The van der Waals surface area contributed by atoms with E-state index in [2.05, 4.69) is 31.7 Å². The largest absolute Gasteiger partial charge is 0.490 e. The molecule has 1 atom stereocenters. The Kier molecular flexibility index (Phi) is 7.30. The summed E-state index contributed by atoms with van der Waals surface area (Å²) < 4.78 is 5.84. The van der Waals surface area contributed by atoms with Crippen LogP contribution in [0.1, 0.15) is 53.9 Å². The van der Waals surface area contributed by atoms with Crippen LogP contribution < -0.4 is 4.74 Å². The lowest BCUT2D eigenvalue weighted by atomic mass is 9.96. The number of ether oxygens (including phenoxy) is 1. The van der Waals surface area contributed by atoms with Crippen molar-refractivity contribution in [2.24, 2.45) is 0 Å². The van der Waals surface area contributed by atoms with Crippen molar-refractivity contribution in [3.8, 4) is 5.75 Å². The molecule has 0 spiro atoms. The molecule has 0 aliphatic carbocycles. The summed E-state index contributed by atoms with van der Waals surface area (Å²) >= 11 is 5.93. The van der Waals surface area contributed by atoms with Crippen molar-refractivity contribution < 1.29 is 14.6 Å². The molecular formula is C25H33ClN2O3. The maximum atomic E-state index is 12.8. The molecule has 0 saturated carbocycles. The van der Waals surface area contributed by atoms with Crippen LogP contribution in [0.3, 0.4) is 0 Å². The first-order valence-electron chi connectivity index (χ1n) is 10.8. The molecule has 5 nitrogen and oxygen atoms in total. The lowest BCUT2D eigenvalue weighted by Gasteiger charge is -2.39. The van der Waals surface area contributed by atoms with Crippen LogP contribution in [-0.4, -0.2) is 59.2 Å². The Morgan fingerprint density at radius 1 is 1.06 bits per heavy atom. The summed E-state index contributed by atoms with van der Waals surface area (Å²) in [4.78, 5) is 17.1. The predicted molar refractivity (Wildman–Crippen MR) is 125 cm³/mol. The summed E-state index contributed by atoms with van der Waals surface area (Å²) in [5.41, 5.74) is 3.39. The summed E-state index contributed by atoms with van der Waals surface area (Å²) in [6, 6.07) is 11.5. The zero-order valence-corrected chi connectivity index (χ0v) is 19.9. The third-order valence-corrected chi connectivity index (χ3v) is 6.30. The van der Waals surface area contributed by atoms with Gasteiger partial charge in [0.2, 0.25) is 0 Å². The summed E-state index contributed by atoms with van der Waals surface area (Å²) in [7, 11) is 0. The van der Waals surface area contributed by atoms with Crippen LogP contribution in [-0.2, 0) is 0 Å². The Hall–Kier alpha value is -2.08. The summed E-state index contributed by atoms with van der Waals surface area (Å²) in [5, 5.41) is 10.6. The summed E-state index contributed by atoms with van der Waals surface area (Å²) in [6.07, 6.45) is 0. The van der Waals surface area contributed by atoms with Crippen molar-refractivity contribution >= 4 is 17.5 Å². The van der Waals surface area contributed by atoms with Gasteiger partial charge in [-0.2, -0.15) is 0 Å². The minimum Gasteiger partial charge on any atom is -0.490 e. The number of aliphatic hydroxyl groups is 1. The maximum Gasteiger partial charge on any atom is 0.253 e. The Balaban J connectivity index is 1.63. The van der Waals surface area contributed by atoms with Gasteiger partial charge in [-0.25, -0.2) is 0 Å². The molecule has 31 heavy (non-hydrogen) atoms. The number of piperazine rings is 1. The summed E-state index contributed by atoms with van der Waals surface area (Å²) in [6.45, 7) is 13.2. The number of hydrogen-bond acceptors (Lipinski definition) is 4. The zero-order chi connectivity index (χ0) is 22.8. The molecule has 0 bridgehead atoms. The van der Waals surface area contributed by atoms with E-state index in [-0.39, 0.29) is 18.6 Å². The fourth-order valence-corrected chi connectivity index (χ4v) is 4.09. The minimum atomic E-state index is -0.866. The van der Waals surface area contributed by atoms with E-state index in [1.165, 1.54) is 11.1 Å². The van der Waals surface area contributed by atoms with Gasteiger partial charge in [0.25, 0.3) is 5.91 Å².